The van der Waals surface area contributed by atoms with Gasteiger partial charge in [-0.15, -0.1) is 0 Å². The molecule has 90 valence electrons. The van der Waals surface area contributed by atoms with E-state index in [1.807, 2.05) is 0 Å². The van der Waals surface area contributed by atoms with Crippen LogP contribution in [0.15, 0.2) is 0 Å². The van der Waals surface area contributed by atoms with Gasteiger partial charge in [-0.25, -0.2) is 8.78 Å². The third-order valence-corrected chi connectivity index (χ3v) is 3.00. The maximum Gasteiger partial charge on any atom is 0.253 e. The predicted octanol–water partition coefficient (Wildman–Crippen LogP) is 2.10. The molecule has 1 atom stereocenters. The Bertz CT molecular complexity index is 168. The fourth-order valence-electron chi connectivity index (χ4n) is 2.08. The largest absolute Gasteiger partial charge is 0.306 e. The number of alkyl halides is 2. The summed E-state index contributed by atoms with van der Waals surface area (Å²) in [5, 5.41) is 3.00. The first kappa shape index (κ1) is 12.8. The van der Waals surface area contributed by atoms with Gasteiger partial charge in [-0.2, -0.15) is 0 Å². The number of hydrogen-bond donors (Lipinski definition) is 1. The van der Waals surface area contributed by atoms with Gasteiger partial charge in [-0.1, -0.05) is 6.92 Å². The van der Waals surface area contributed by atoms with E-state index in [1.165, 1.54) is 6.42 Å². The van der Waals surface area contributed by atoms with Gasteiger partial charge in [-0.05, 0) is 45.8 Å². The normalized spacial score (nSPS) is 22.2. The van der Waals surface area contributed by atoms with Crippen LogP contribution < -0.4 is 5.32 Å². The molecule has 1 N–H and O–H groups in total. The van der Waals surface area contributed by atoms with Crippen LogP contribution in [0.1, 0.15) is 33.1 Å². The first-order chi connectivity index (χ1) is 7.13. The zero-order valence-corrected chi connectivity index (χ0v) is 9.68. The highest BCUT2D eigenvalue weighted by Crippen LogP contribution is 2.12. The Morgan fingerprint density at radius 1 is 1.33 bits per heavy atom. The topological polar surface area (TPSA) is 15.3 Å². The van der Waals surface area contributed by atoms with Crippen molar-refractivity contribution < 1.29 is 8.78 Å². The molecular weight excluding hydrogens is 198 g/mol. The van der Waals surface area contributed by atoms with Gasteiger partial charge in [0.1, 0.15) is 0 Å². The minimum Gasteiger partial charge on any atom is -0.306 e. The molecule has 1 rings (SSSR count). The Morgan fingerprint density at radius 3 is 2.40 bits per heavy atom. The number of likely N-dealkylation sites (tertiary alicyclic amines) is 1. The Hall–Kier alpha value is -0.220. The average Bonchev–Trinajstić information content (AvgIpc) is 2.21. The second kappa shape index (κ2) is 6.38. The first-order valence-electron chi connectivity index (χ1n) is 5.90. The third kappa shape index (κ3) is 4.43. The summed E-state index contributed by atoms with van der Waals surface area (Å²) in [4.78, 5) is 2.41. The van der Waals surface area contributed by atoms with Crippen LogP contribution in [0.25, 0.3) is 0 Å². The van der Waals surface area contributed by atoms with Crippen molar-refractivity contribution in [3.05, 3.63) is 0 Å². The van der Waals surface area contributed by atoms with Gasteiger partial charge in [0.25, 0.3) is 6.43 Å². The van der Waals surface area contributed by atoms with Crippen molar-refractivity contribution in [1.29, 1.82) is 0 Å². The molecule has 0 spiro atoms. The molecule has 0 amide bonds. The van der Waals surface area contributed by atoms with Crippen molar-refractivity contribution in [2.24, 2.45) is 0 Å². The summed E-state index contributed by atoms with van der Waals surface area (Å²) in [5.41, 5.74) is 0. The predicted molar refractivity (Wildman–Crippen MR) is 58.4 cm³/mol. The summed E-state index contributed by atoms with van der Waals surface area (Å²) in [6.07, 6.45) is 0.915. The van der Waals surface area contributed by atoms with Gasteiger partial charge < -0.3 is 10.2 Å². The number of piperidine rings is 1. The molecular formula is C11H22F2N2. The molecule has 2 nitrogen and oxygen atoms in total. The van der Waals surface area contributed by atoms with E-state index >= 15 is 0 Å². The van der Waals surface area contributed by atoms with E-state index in [0.29, 0.717) is 0 Å². The van der Waals surface area contributed by atoms with Crippen LogP contribution in [0.4, 0.5) is 8.78 Å². The molecule has 0 aromatic heterocycles. The lowest BCUT2D eigenvalue weighted by atomic mass is 10.0. The third-order valence-electron chi connectivity index (χ3n) is 3.00. The van der Waals surface area contributed by atoms with Gasteiger partial charge in [0.05, 0.1) is 6.04 Å². The summed E-state index contributed by atoms with van der Waals surface area (Å²) >= 11 is 0. The number of nitrogens with one attached hydrogen (secondary N) is 1. The van der Waals surface area contributed by atoms with Crippen LogP contribution in [-0.2, 0) is 0 Å². The van der Waals surface area contributed by atoms with Crippen molar-refractivity contribution in [3.8, 4) is 0 Å². The summed E-state index contributed by atoms with van der Waals surface area (Å²) in [7, 11) is 0. The maximum absolute atomic E-state index is 12.3. The highest BCUT2D eigenvalue weighted by Gasteiger charge is 2.22. The highest BCUT2D eigenvalue weighted by atomic mass is 19.3. The molecule has 0 saturated carbocycles. The standard InChI is InChI=1S/C11H22F2N2/c1-3-6-15-7-4-10(5-8-15)14-9(2)11(12)13/h9-11,14H,3-8H2,1-2H3. The summed E-state index contributed by atoms with van der Waals surface area (Å²) in [6, 6.07) is -0.394. The van der Waals surface area contributed by atoms with Crippen molar-refractivity contribution in [3.63, 3.8) is 0 Å². The van der Waals surface area contributed by atoms with Crippen LogP contribution in [-0.4, -0.2) is 43.0 Å². The zero-order valence-electron chi connectivity index (χ0n) is 9.68. The number of rotatable bonds is 5. The second-order valence-electron chi connectivity index (χ2n) is 4.41. The fourth-order valence-corrected chi connectivity index (χ4v) is 2.08. The van der Waals surface area contributed by atoms with Gasteiger partial charge >= 0.3 is 0 Å². The smallest absolute Gasteiger partial charge is 0.253 e. The fraction of sp³-hybridized carbons (Fsp3) is 1.00. The maximum atomic E-state index is 12.3. The van der Waals surface area contributed by atoms with Crippen molar-refractivity contribution >= 4 is 0 Å². The van der Waals surface area contributed by atoms with Crippen LogP contribution >= 0.6 is 0 Å². The SMILES string of the molecule is CCCN1CCC(NC(C)C(F)F)CC1. The average molecular weight is 220 g/mol. The molecule has 1 fully saturated rings. The van der Waals surface area contributed by atoms with Crippen LogP contribution in [0.2, 0.25) is 0 Å². The zero-order chi connectivity index (χ0) is 11.3. The second-order valence-corrected chi connectivity index (χ2v) is 4.41. The lowest BCUT2D eigenvalue weighted by Gasteiger charge is -2.33. The molecule has 0 radical (unpaired) electrons. The van der Waals surface area contributed by atoms with E-state index < -0.39 is 12.5 Å². The first-order valence-corrected chi connectivity index (χ1v) is 5.90. The summed E-state index contributed by atoms with van der Waals surface area (Å²) in [6.45, 7) is 6.95. The quantitative estimate of drug-likeness (QED) is 0.763. The summed E-state index contributed by atoms with van der Waals surface area (Å²) in [5.74, 6) is 0. The molecule has 1 saturated heterocycles. The monoisotopic (exact) mass is 220 g/mol. The molecule has 1 aliphatic rings. The molecule has 0 aromatic rings. The molecule has 1 heterocycles. The van der Waals surface area contributed by atoms with E-state index in [0.717, 1.165) is 32.5 Å². The Balaban J connectivity index is 2.19. The van der Waals surface area contributed by atoms with E-state index in [1.54, 1.807) is 6.92 Å². The molecule has 15 heavy (non-hydrogen) atoms. The van der Waals surface area contributed by atoms with E-state index in [2.05, 4.69) is 17.1 Å². The number of nitrogens with zero attached hydrogens (tertiary/aromatic N) is 1. The molecule has 0 aliphatic carbocycles. The van der Waals surface area contributed by atoms with Crippen molar-refractivity contribution in [2.75, 3.05) is 19.6 Å². The minimum absolute atomic E-state index is 0.280. The Kier molecular flexibility index (Phi) is 5.47. The molecule has 0 aromatic carbocycles. The highest BCUT2D eigenvalue weighted by molar-refractivity contribution is 4.79. The van der Waals surface area contributed by atoms with Gasteiger partial charge in [0, 0.05) is 6.04 Å². The van der Waals surface area contributed by atoms with E-state index in [-0.39, 0.29) is 6.04 Å². The van der Waals surface area contributed by atoms with Crippen molar-refractivity contribution in [1.82, 2.24) is 10.2 Å². The Morgan fingerprint density at radius 2 is 1.93 bits per heavy atom. The lowest BCUT2D eigenvalue weighted by Crippen LogP contribution is -2.47. The number of halogens is 2. The van der Waals surface area contributed by atoms with Crippen molar-refractivity contribution in [2.45, 2.75) is 51.6 Å². The van der Waals surface area contributed by atoms with Gasteiger partial charge in [0.15, 0.2) is 0 Å². The van der Waals surface area contributed by atoms with Gasteiger partial charge in [-0.3, -0.25) is 0 Å². The van der Waals surface area contributed by atoms with E-state index in [4.69, 9.17) is 0 Å². The molecule has 1 unspecified atom stereocenters. The molecule has 1 aliphatic heterocycles. The Labute approximate surface area is 91.0 Å². The van der Waals surface area contributed by atoms with Crippen LogP contribution in [0, 0.1) is 0 Å². The van der Waals surface area contributed by atoms with Crippen LogP contribution in [0.3, 0.4) is 0 Å². The minimum atomic E-state index is -2.25. The lowest BCUT2D eigenvalue weighted by molar-refractivity contribution is 0.0903. The molecule has 0 bridgehead atoms. The number of hydrogen-bond acceptors (Lipinski definition) is 2. The van der Waals surface area contributed by atoms with Gasteiger partial charge in [0.2, 0.25) is 0 Å². The molecule has 4 heteroatoms. The summed E-state index contributed by atoms with van der Waals surface area (Å²) < 4.78 is 24.6. The van der Waals surface area contributed by atoms with E-state index in [9.17, 15) is 8.78 Å². The van der Waals surface area contributed by atoms with Crippen LogP contribution in [0.5, 0.6) is 0 Å².